The zero-order chi connectivity index (χ0) is 21.4. The number of hydrogen-bond acceptors (Lipinski definition) is 6. The number of nitrogens with zero attached hydrogens (tertiary/aromatic N) is 4. The number of aromatic hydroxyl groups is 1. The number of oxime groups is 1. The molecule has 1 saturated heterocycles. The van der Waals surface area contributed by atoms with Crippen molar-refractivity contribution in [2.75, 3.05) is 46.4 Å². The second-order valence-electron chi connectivity index (χ2n) is 7.93. The predicted molar refractivity (Wildman–Crippen MR) is 127 cm³/mol. The first-order valence-electron chi connectivity index (χ1n) is 10.4. The number of piperazine rings is 1. The van der Waals surface area contributed by atoms with Gasteiger partial charge in [-0.2, -0.15) is 0 Å². The van der Waals surface area contributed by atoms with Crippen molar-refractivity contribution < 1.29 is 9.94 Å². The normalized spacial score (nSPS) is 18.5. The Balaban J connectivity index is 1.42. The van der Waals surface area contributed by atoms with Crippen LogP contribution in [0, 0.1) is 0 Å². The lowest BCUT2D eigenvalue weighted by Gasteiger charge is -2.31. The molecule has 2 aromatic carbocycles. The summed E-state index contributed by atoms with van der Waals surface area (Å²) < 4.78 is 0.936. The van der Waals surface area contributed by atoms with Crippen LogP contribution in [0.2, 0.25) is 0 Å². The van der Waals surface area contributed by atoms with E-state index >= 15 is 0 Å². The number of likely N-dealkylation sites (N-methyl/N-ethyl adjacent to an activating group) is 1. The van der Waals surface area contributed by atoms with E-state index in [1.54, 1.807) is 0 Å². The van der Waals surface area contributed by atoms with Crippen molar-refractivity contribution in [2.45, 2.75) is 0 Å². The average Bonchev–Trinajstić information content (AvgIpc) is 3.28. The van der Waals surface area contributed by atoms with E-state index in [9.17, 15) is 5.11 Å². The van der Waals surface area contributed by atoms with Crippen LogP contribution in [0.4, 0.5) is 5.69 Å². The Bertz CT molecular complexity index is 1180. The van der Waals surface area contributed by atoms with Crippen molar-refractivity contribution in [2.24, 2.45) is 10.1 Å². The second-order valence-corrected chi connectivity index (χ2v) is 8.85. The summed E-state index contributed by atoms with van der Waals surface area (Å²) in [6.45, 7) is 5.60. The molecule has 0 spiro atoms. The Morgan fingerprint density at radius 1 is 1.16 bits per heavy atom. The summed E-state index contributed by atoms with van der Waals surface area (Å²) in [5.74, 6) is 0.0739. The molecule has 0 radical (unpaired) electrons. The van der Waals surface area contributed by atoms with Crippen LogP contribution in [-0.4, -0.2) is 77.7 Å². The molecule has 0 saturated carbocycles. The summed E-state index contributed by atoms with van der Waals surface area (Å²) in [6, 6.07) is 13.7. The lowest BCUT2D eigenvalue weighted by atomic mass is 10.0. The SMILES string of the molecule is CN1CCN(CCO/N=C2/C(c3c(O)[nH]c4cc(Br)ccc34)=Nc3ccccc32)CC1. The Morgan fingerprint density at radius 2 is 1.97 bits per heavy atom. The van der Waals surface area contributed by atoms with Crippen LogP contribution in [0.15, 0.2) is 57.1 Å². The highest BCUT2D eigenvalue weighted by Gasteiger charge is 2.29. The van der Waals surface area contributed by atoms with Gasteiger partial charge < -0.3 is 19.8 Å². The molecule has 3 heterocycles. The number of H-pyrrole nitrogens is 1. The highest BCUT2D eigenvalue weighted by atomic mass is 79.9. The number of para-hydroxylation sites is 1. The highest BCUT2D eigenvalue weighted by molar-refractivity contribution is 9.10. The van der Waals surface area contributed by atoms with Crippen LogP contribution in [0.1, 0.15) is 11.1 Å². The molecule has 0 aliphatic carbocycles. The van der Waals surface area contributed by atoms with Crippen LogP contribution in [-0.2, 0) is 4.84 Å². The van der Waals surface area contributed by atoms with Gasteiger partial charge in [-0.15, -0.1) is 0 Å². The third kappa shape index (κ3) is 3.98. The van der Waals surface area contributed by atoms with Gasteiger partial charge in [-0.05, 0) is 25.2 Å². The maximum Gasteiger partial charge on any atom is 0.199 e. The first-order chi connectivity index (χ1) is 15.1. The van der Waals surface area contributed by atoms with Crippen molar-refractivity contribution in [1.29, 1.82) is 0 Å². The van der Waals surface area contributed by atoms with E-state index in [4.69, 9.17) is 9.83 Å². The third-order valence-corrected chi connectivity index (χ3v) is 6.34. The fourth-order valence-corrected chi connectivity index (χ4v) is 4.45. The highest BCUT2D eigenvalue weighted by Crippen LogP contribution is 2.36. The average molecular weight is 482 g/mol. The Labute approximate surface area is 189 Å². The fourth-order valence-electron chi connectivity index (χ4n) is 4.09. The van der Waals surface area contributed by atoms with Gasteiger partial charge in [-0.25, -0.2) is 4.99 Å². The summed E-state index contributed by atoms with van der Waals surface area (Å²) in [6.07, 6.45) is 0. The van der Waals surface area contributed by atoms with Gasteiger partial charge in [0.15, 0.2) is 5.88 Å². The van der Waals surface area contributed by atoms with Gasteiger partial charge in [0.25, 0.3) is 0 Å². The second kappa shape index (κ2) is 8.45. The summed E-state index contributed by atoms with van der Waals surface area (Å²) >= 11 is 3.48. The van der Waals surface area contributed by atoms with Crippen molar-refractivity contribution in [3.8, 4) is 5.88 Å². The van der Waals surface area contributed by atoms with Gasteiger partial charge in [0.1, 0.15) is 18.0 Å². The van der Waals surface area contributed by atoms with E-state index in [1.165, 1.54) is 0 Å². The first kappa shape index (κ1) is 20.2. The molecular formula is C23H24BrN5O2. The molecular weight excluding hydrogens is 458 g/mol. The quantitative estimate of drug-likeness (QED) is 0.429. The molecule has 0 bridgehead atoms. The minimum absolute atomic E-state index is 0.0739. The van der Waals surface area contributed by atoms with Gasteiger partial charge in [-0.1, -0.05) is 45.4 Å². The molecule has 31 heavy (non-hydrogen) atoms. The molecule has 8 heteroatoms. The molecule has 0 amide bonds. The summed E-state index contributed by atoms with van der Waals surface area (Å²) in [4.78, 5) is 18.3. The molecule has 7 nitrogen and oxygen atoms in total. The maximum atomic E-state index is 10.7. The molecule has 2 aliphatic rings. The van der Waals surface area contributed by atoms with Crippen molar-refractivity contribution in [1.82, 2.24) is 14.8 Å². The number of fused-ring (bicyclic) bond motifs is 2. The van der Waals surface area contributed by atoms with Crippen LogP contribution in [0.3, 0.4) is 0 Å². The van der Waals surface area contributed by atoms with Crippen molar-refractivity contribution in [3.05, 3.63) is 58.1 Å². The molecule has 5 rings (SSSR count). The smallest absolute Gasteiger partial charge is 0.199 e. The first-order valence-corrected chi connectivity index (χ1v) is 11.2. The van der Waals surface area contributed by atoms with E-state index in [-0.39, 0.29) is 5.88 Å². The van der Waals surface area contributed by atoms with Gasteiger partial charge in [0, 0.05) is 48.1 Å². The Kier molecular flexibility index (Phi) is 5.52. The topological polar surface area (TPSA) is 76.5 Å². The molecule has 2 aliphatic heterocycles. The van der Waals surface area contributed by atoms with Gasteiger partial charge in [0.2, 0.25) is 0 Å². The molecule has 0 atom stereocenters. The van der Waals surface area contributed by atoms with Gasteiger partial charge in [0.05, 0.1) is 16.8 Å². The van der Waals surface area contributed by atoms with Crippen LogP contribution >= 0.6 is 15.9 Å². The number of nitrogens with one attached hydrogen (secondary N) is 1. The van der Waals surface area contributed by atoms with Crippen LogP contribution < -0.4 is 0 Å². The number of aromatic nitrogens is 1. The maximum absolute atomic E-state index is 10.7. The summed E-state index contributed by atoms with van der Waals surface area (Å²) in [5.41, 5.74) is 4.46. The number of benzene rings is 2. The number of aromatic amines is 1. The van der Waals surface area contributed by atoms with Gasteiger partial charge in [-0.3, -0.25) is 4.90 Å². The van der Waals surface area contributed by atoms with Crippen molar-refractivity contribution in [3.63, 3.8) is 0 Å². The molecule has 0 unspecified atom stereocenters. The third-order valence-electron chi connectivity index (χ3n) is 5.84. The zero-order valence-electron chi connectivity index (χ0n) is 17.3. The largest absolute Gasteiger partial charge is 0.494 e. The Morgan fingerprint density at radius 3 is 2.81 bits per heavy atom. The number of rotatable bonds is 5. The molecule has 2 N–H and O–H groups in total. The predicted octanol–water partition coefficient (Wildman–Crippen LogP) is 3.74. The van der Waals surface area contributed by atoms with E-state index < -0.39 is 0 Å². The minimum Gasteiger partial charge on any atom is -0.494 e. The number of hydrogen-bond donors (Lipinski definition) is 2. The molecule has 3 aromatic rings. The summed E-state index contributed by atoms with van der Waals surface area (Å²) in [5, 5.41) is 16.1. The fraction of sp³-hybridized carbons (Fsp3) is 0.304. The lowest BCUT2D eigenvalue weighted by molar-refractivity contribution is 0.0864. The van der Waals surface area contributed by atoms with E-state index in [2.05, 4.69) is 42.9 Å². The summed E-state index contributed by atoms with van der Waals surface area (Å²) in [7, 11) is 2.15. The Hall–Kier alpha value is -2.68. The molecule has 160 valence electrons. The number of aliphatic imine (C=N–C) groups is 1. The van der Waals surface area contributed by atoms with Crippen molar-refractivity contribution >= 4 is 43.9 Å². The minimum atomic E-state index is 0.0739. The standard InChI is InChI=1S/C23H24BrN5O2/c1-28-8-10-29(11-9-28)12-13-31-27-21-17-4-2-3-5-18(17)25-22(21)20-16-7-6-15(24)14-19(16)26-23(20)30/h2-7,14,26,30H,8-13H2,1H3/b27-21+. The van der Waals surface area contributed by atoms with E-state index in [1.807, 2.05) is 42.5 Å². The molecule has 1 aromatic heterocycles. The van der Waals surface area contributed by atoms with Gasteiger partial charge >= 0.3 is 0 Å². The van der Waals surface area contributed by atoms with E-state index in [0.717, 1.165) is 59.4 Å². The lowest BCUT2D eigenvalue weighted by Crippen LogP contribution is -2.45. The molecule has 1 fully saturated rings. The van der Waals surface area contributed by atoms with E-state index in [0.29, 0.717) is 23.6 Å². The van der Waals surface area contributed by atoms with Crippen LogP contribution in [0.5, 0.6) is 5.88 Å². The number of halogens is 1. The van der Waals surface area contributed by atoms with Crippen LogP contribution in [0.25, 0.3) is 10.9 Å². The monoisotopic (exact) mass is 481 g/mol. The zero-order valence-corrected chi connectivity index (χ0v) is 18.9.